The molecule has 6 nitrogen and oxygen atoms in total. The van der Waals surface area contributed by atoms with Gasteiger partial charge in [-0.3, -0.25) is 0 Å². The lowest BCUT2D eigenvalue weighted by Gasteiger charge is -2.38. The van der Waals surface area contributed by atoms with Gasteiger partial charge in [-0.25, -0.2) is 9.59 Å². The van der Waals surface area contributed by atoms with Crippen molar-refractivity contribution in [3.63, 3.8) is 0 Å². The monoisotopic (exact) mass is 410 g/mol. The summed E-state index contributed by atoms with van der Waals surface area (Å²) in [7, 11) is 0. The summed E-state index contributed by atoms with van der Waals surface area (Å²) in [4.78, 5) is 26.7. The van der Waals surface area contributed by atoms with E-state index in [-0.39, 0.29) is 24.7 Å². The van der Waals surface area contributed by atoms with Gasteiger partial charge in [0.25, 0.3) is 0 Å². The number of ether oxygens (including phenoxy) is 2. The molecule has 2 aromatic rings. The van der Waals surface area contributed by atoms with Crippen LogP contribution in [0.5, 0.6) is 0 Å². The number of alkyl carbamates (subject to hydrolysis) is 1. The zero-order valence-corrected chi connectivity index (χ0v) is 17.8. The fourth-order valence-electron chi connectivity index (χ4n) is 3.58. The molecule has 2 amide bonds. The molecule has 1 aliphatic rings. The molecular formula is C24H30N2O4. The number of nitrogens with one attached hydrogen (secondary N) is 1. The number of benzene rings is 2. The van der Waals surface area contributed by atoms with Crippen molar-refractivity contribution in [1.82, 2.24) is 10.2 Å². The average molecular weight is 411 g/mol. The fourth-order valence-corrected chi connectivity index (χ4v) is 3.58. The van der Waals surface area contributed by atoms with Crippen LogP contribution in [-0.4, -0.2) is 41.8 Å². The molecule has 0 unspecified atom stereocenters. The van der Waals surface area contributed by atoms with Crippen LogP contribution >= 0.6 is 0 Å². The van der Waals surface area contributed by atoms with E-state index in [2.05, 4.69) is 5.32 Å². The summed E-state index contributed by atoms with van der Waals surface area (Å²) in [6.07, 6.45) is -0.127. The fraction of sp³-hybridized carbons (Fsp3) is 0.417. The predicted molar refractivity (Wildman–Crippen MR) is 115 cm³/mol. The third kappa shape index (κ3) is 6.51. The predicted octanol–water partition coefficient (Wildman–Crippen LogP) is 4.71. The van der Waals surface area contributed by atoms with E-state index in [0.717, 1.165) is 17.5 Å². The highest BCUT2D eigenvalue weighted by molar-refractivity contribution is 5.70. The van der Waals surface area contributed by atoms with Crippen LogP contribution in [0.1, 0.15) is 44.2 Å². The van der Waals surface area contributed by atoms with Gasteiger partial charge >= 0.3 is 12.2 Å². The normalized spacial score (nSPS) is 19.1. The first-order valence-corrected chi connectivity index (χ1v) is 10.3. The largest absolute Gasteiger partial charge is 0.445 e. The minimum atomic E-state index is -0.575. The van der Waals surface area contributed by atoms with Crippen LogP contribution in [0.2, 0.25) is 0 Å². The van der Waals surface area contributed by atoms with Gasteiger partial charge in [-0.1, -0.05) is 60.7 Å². The molecule has 0 aromatic heterocycles. The Morgan fingerprint density at radius 1 is 1.00 bits per heavy atom. The first kappa shape index (κ1) is 21.7. The highest BCUT2D eigenvalue weighted by Gasteiger charge is 2.34. The molecule has 1 saturated heterocycles. The Balaban J connectivity index is 1.65. The Morgan fingerprint density at radius 2 is 1.63 bits per heavy atom. The van der Waals surface area contributed by atoms with Gasteiger partial charge in [0, 0.05) is 19.0 Å². The smallest absolute Gasteiger partial charge is 0.410 e. The van der Waals surface area contributed by atoms with Crippen molar-refractivity contribution >= 4 is 12.2 Å². The van der Waals surface area contributed by atoms with Crippen LogP contribution in [-0.2, 0) is 16.1 Å². The van der Waals surface area contributed by atoms with Crippen molar-refractivity contribution in [2.45, 2.75) is 51.4 Å². The quantitative estimate of drug-likeness (QED) is 0.793. The summed E-state index contributed by atoms with van der Waals surface area (Å²) in [6, 6.07) is 19.3. The lowest BCUT2D eigenvalue weighted by atomic mass is 9.88. The second-order valence-electron chi connectivity index (χ2n) is 8.63. The Morgan fingerprint density at radius 3 is 2.27 bits per heavy atom. The number of carbonyl (C=O) groups excluding carboxylic acids is 2. The molecular weight excluding hydrogens is 380 g/mol. The molecule has 2 aromatic carbocycles. The Labute approximate surface area is 178 Å². The number of piperidine rings is 1. The maximum absolute atomic E-state index is 12.7. The molecule has 160 valence electrons. The highest BCUT2D eigenvalue weighted by atomic mass is 16.6. The summed E-state index contributed by atoms with van der Waals surface area (Å²) in [5.74, 6) is 0.104. The SMILES string of the molecule is CC(C)(C)OC(=O)N1C[C@H](NC(=O)OCc2ccccc2)C[C@@H](c2ccccc2)C1. The Bertz CT molecular complexity index is 833. The van der Waals surface area contributed by atoms with Gasteiger partial charge < -0.3 is 19.7 Å². The third-order valence-corrected chi connectivity index (χ3v) is 4.91. The molecule has 30 heavy (non-hydrogen) atoms. The third-order valence-electron chi connectivity index (χ3n) is 4.91. The van der Waals surface area contributed by atoms with E-state index in [1.165, 1.54) is 0 Å². The van der Waals surface area contributed by atoms with E-state index in [1.54, 1.807) is 4.90 Å². The first-order valence-electron chi connectivity index (χ1n) is 10.3. The highest BCUT2D eigenvalue weighted by Crippen LogP contribution is 2.28. The van der Waals surface area contributed by atoms with Crippen molar-refractivity contribution in [3.05, 3.63) is 71.8 Å². The van der Waals surface area contributed by atoms with Crippen LogP contribution in [0.3, 0.4) is 0 Å². The first-order chi connectivity index (χ1) is 14.3. The van der Waals surface area contributed by atoms with Crippen molar-refractivity contribution in [3.8, 4) is 0 Å². The van der Waals surface area contributed by atoms with E-state index in [9.17, 15) is 9.59 Å². The van der Waals surface area contributed by atoms with E-state index in [1.807, 2.05) is 81.4 Å². The molecule has 0 bridgehead atoms. The number of hydrogen-bond donors (Lipinski definition) is 1. The molecule has 0 aliphatic carbocycles. The van der Waals surface area contributed by atoms with E-state index >= 15 is 0 Å². The Hall–Kier alpha value is -3.02. The Kier molecular flexibility index (Phi) is 6.98. The summed E-state index contributed by atoms with van der Waals surface area (Å²) < 4.78 is 10.9. The number of carbonyl (C=O) groups is 2. The van der Waals surface area contributed by atoms with E-state index in [4.69, 9.17) is 9.47 Å². The van der Waals surface area contributed by atoms with Crippen LogP contribution < -0.4 is 5.32 Å². The molecule has 0 spiro atoms. The van der Waals surface area contributed by atoms with Gasteiger partial charge in [-0.05, 0) is 38.3 Å². The number of rotatable bonds is 4. The van der Waals surface area contributed by atoms with Gasteiger partial charge in [0.15, 0.2) is 0 Å². The molecule has 1 N–H and O–H groups in total. The van der Waals surface area contributed by atoms with Crippen LogP contribution in [0.4, 0.5) is 9.59 Å². The zero-order chi connectivity index (χ0) is 21.6. The van der Waals surface area contributed by atoms with Crippen LogP contribution in [0.15, 0.2) is 60.7 Å². The summed E-state index contributed by atoms with van der Waals surface area (Å²) in [5, 5.41) is 2.93. The maximum atomic E-state index is 12.7. The standard InChI is InChI=1S/C24H30N2O4/c1-24(2,3)30-23(28)26-15-20(19-12-8-5-9-13-19)14-21(16-26)25-22(27)29-17-18-10-6-4-7-11-18/h4-13,20-21H,14-17H2,1-3H3,(H,25,27)/t20-,21-/m1/s1. The van der Waals surface area contributed by atoms with Crippen LogP contribution in [0, 0.1) is 0 Å². The summed E-state index contributed by atoms with van der Waals surface area (Å²) >= 11 is 0. The summed E-state index contributed by atoms with van der Waals surface area (Å²) in [6.45, 7) is 6.69. The number of nitrogens with zero attached hydrogens (tertiary/aromatic N) is 1. The molecule has 0 saturated carbocycles. The minimum absolute atomic E-state index is 0.104. The zero-order valence-electron chi connectivity index (χ0n) is 17.8. The lowest BCUT2D eigenvalue weighted by Crippen LogP contribution is -2.53. The van der Waals surface area contributed by atoms with Gasteiger partial charge in [0.1, 0.15) is 12.2 Å². The second kappa shape index (κ2) is 9.65. The maximum Gasteiger partial charge on any atom is 0.410 e. The molecule has 1 fully saturated rings. The second-order valence-corrected chi connectivity index (χ2v) is 8.63. The van der Waals surface area contributed by atoms with E-state index < -0.39 is 11.7 Å². The average Bonchev–Trinajstić information content (AvgIpc) is 2.72. The van der Waals surface area contributed by atoms with Gasteiger partial charge in [0.05, 0.1) is 6.04 Å². The van der Waals surface area contributed by atoms with Crippen molar-refractivity contribution in [2.24, 2.45) is 0 Å². The lowest BCUT2D eigenvalue weighted by molar-refractivity contribution is 0.0162. The molecule has 1 aliphatic heterocycles. The summed E-state index contributed by atoms with van der Waals surface area (Å²) in [5.41, 5.74) is 1.48. The van der Waals surface area contributed by atoms with Crippen LogP contribution in [0.25, 0.3) is 0 Å². The van der Waals surface area contributed by atoms with Crippen molar-refractivity contribution < 1.29 is 19.1 Å². The van der Waals surface area contributed by atoms with Gasteiger partial charge in [-0.15, -0.1) is 0 Å². The number of likely N-dealkylation sites (tertiary alicyclic amines) is 1. The van der Waals surface area contributed by atoms with Gasteiger partial charge in [0.2, 0.25) is 0 Å². The van der Waals surface area contributed by atoms with Crippen molar-refractivity contribution in [2.75, 3.05) is 13.1 Å². The molecule has 3 rings (SSSR count). The number of hydrogen-bond acceptors (Lipinski definition) is 4. The molecule has 0 radical (unpaired) electrons. The molecule has 1 heterocycles. The number of amides is 2. The molecule has 2 atom stereocenters. The minimum Gasteiger partial charge on any atom is -0.445 e. The van der Waals surface area contributed by atoms with Crippen molar-refractivity contribution in [1.29, 1.82) is 0 Å². The van der Waals surface area contributed by atoms with Gasteiger partial charge in [-0.2, -0.15) is 0 Å². The topological polar surface area (TPSA) is 67.9 Å². The van der Waals surface area contributed by atoms with E-state index in [0.29, 0.717) is 13.1 Å². The molecule has 6 heteroatoms.